The summed E-state index contributed by atoms with van der Waals surface area (Å²) in [6.45, 7) is 2.00. The molecule has 1 aromatic rings. The van der Waals surface area contributed by atoms with Crippen LogP contribution in [0.5, 0.6) is 0 Å². The molecule has 0 aromatic carbocycles. The third-order valence-electron chi connectivity index (χ3n) is 1.64. The molecule has 0 unspecified atom stereocenters. The summed E-state index contributed by atoms with van der Waals surface area (Å²) in [5, 5.41) is 10.5. The highest BCUT2D eigenvalue weighted by molar-refractivity contribution is 7.09. The van der Waals surface area contributed by atoms with Crippen molar-refractivity contribution in [3.8, 4) is 0 Å². The van der Waals surface area contributed by atoms with Crippen LogP contribution in [0.3, 0.4) is 0 Å². The van der Waals surface area contributed by atoms with Crippen molar-refractivity contribution in [1.29, 1.82) is 0 Å². The van der Waals surface area contributed by atoms with Crippen LogP contribution in [-0.2, 0) is 16.0 Å². The maximum absolute atomic E-state index is 10.4. The van der Waals surface area contributed by atoms with Crippen molar-refractivity contribution in [1.82, 2.24) is 0 Å². The van der Waals surface area contributed by atoms with Crippen LogP contribution in [-0.4, -0.2) is 23.8 Å². The molecule has 13 heavy (non-hydrogen) atoms. The number of hydrogen-bond acceptors (Lipinski definition) is 3. The summed E-state index contributed by atoms with van der Waals surface area (Å²) in [4.78, 5) is 11.6. The Hall–Kier alpha value is -0.870. The maximum Gasteiger partial charge on any atom is 0.332 e. The van der Waals surface area contributed by atoms with E-state index in [0.717, 1.165) is 6.42 Å². The van der Waals surface area contributed by atoms with E-state index < -0.39 is 12.1 Å². The fourth-order valence-corrected chi connectivity index (χ4v) is 1.55. The summed E-state index contributed by atoms with van der Waals surface area (Å²) in [5.41, 5.74) is 0. The number of carboxylic acid groups (broad SMARTS) is 1. The summed E-state index contributed by atoms with van der Waals surface area (Å²) in [5.74, 6) is -0.911. The second-order valence-corrected chi connectivity index (χ2v) is 3.71. The molecule has 0 saturated carbocycles. The third-order valence-corrected chi connectivity index (χ3v) is 2.58. The molecule has 0 radical (unpaired) electrons. The van der Waals surface area contributed by atoms with Crippen LogP contribution in [0.4, 0.5) is 0 Å². The predicted molar refractivity (Wildman–Crippen MR) is 51.1 cm³/mol. The molecular formula is C9H12O3S. The highest BCUT2D eigenvalue weighted by Crippen LogP contribution is 2.09. The van der Waals surface area contributed by atoms with Crippen molar-refractivity contribution in [3.05, 3.63) is 22.4 Å². The second-order valence-electron chi connectivity index (χ2n) is 2.68. The van der Waals surface area contributed by atoms with Crippen LogP contribution >= 0.6 is 11.3 Å². The first kappa shape index (κ1) is 10.2. The molecule has 0 fully saturated rings. The monoisotopic (exact) mass is 200 g/mol. The van der Waals surface area contributed by atoms with E-state index in [9.17, 15) is 4.79 Å². The van der Waals surface area contributed by atoms with E-state index in [2.05, 4.69) is 0 Å². The molecule has 4 heteroatoms. The van der Waals surface area contributed by atoms with Crippen molar-refractivity contribution in [2.24, 2.45) is 0 Å². The van der Waals surface area contributed by atoms with Crippen molar-refractivity contribution >= 4 is 17.3 Å². The van der Waals surface area contributed by atoms with Gasteiger partial charge >= 0.3 is 5.97 Å². The zero-order chi connectivity index (χ0) is 9.68. The first-order chi connectivity index (χ1) is 6.20. The highest BCUT2D eigenvalue weighted by Gasteiger charge is 2.10. The first-order valence-electron chi connectivity index (χ1n) is 4.07. The van der Waals surface area contributed by atoms with Gasteiger partial charge in [-0.1, -0.05) is 6.07 Å². The lowest BCUT2D eigenvalue weighted by atomic mass is 10.3. The summed E-state index contributed by atoms with van der Waals surface area (Å²) < 4.78 is 5.08. The molecule has 0 aliphatic carbocycles. The Morgan fingerprint density at radius 3 is 3.08 bits per heavy atom. The molecule has 72 valence electrons. The van der Waals surface area contributed by atoms with Gasteiger partial charge in [0.25, 0.3) is 0 Å². The summed E-state index contributed by atoms with van der Waals surface area (Å²) in [6, 6.07) is 3.99. The Labute approximate surface area is 81.0 Å². The largest absolute Gasteiger partial charge is 0.479 e. The van der Waals surface area contributed by atoms with Gasteiger partial charge in [0.2, 0.25) is 0 Å². The van der Waals surface area contributed by atoms with Crippen LogP contribution in [0.15, 0.2) is 17.5 Å². The minimum absolute atomic E-state index is 0.466. The molecule has 1 atom stereocenters. The standard InChI is InChI=1S/C9H12O3S/c1-7(9(10)11)12-5-4-8-3-2-6-13-8/h2-3,6-7H,4-5H2,1H3,(H,10,11)/t7-/m1/s1. The van der Waals surface area contributed by atoms with Crippen LogP contribution in [0.25, 0.3) is 0 Å². The van der Waals surface area contributed by atoms with Gasteiger partial charge in [-0.25, -0.2) is 4.79 Å². The summed E-state index contributed by atoms with van der Waals surface area (Å²) >= 11 is 1.66. The molecule has 0 aliphatic rings. The lowest BCUT2D eigenvalue weighted by Crippen LogP contribution is -2.20. The van der Waals surface area contributed by atoms with Gasteiger partial charge in [0.1, 0.15) is 0 Å². The van der Waals surface area contributed by atoms with Gasteiger partial charge in [-0.3, -0.25) is 0 Å². The molecular weight excluding hydrogens is 188 g/mol. The molecule has 0 aliphatic heterocycles. The zero-order valence-electron chi connectivity index (χ0n) is 7.40. The molecule has 0 amide bonds. The van der Waals surface area contributed by atoms with Crippen LogP contribution in [0.2, 0.25) is 0 Å². The molecule has 3 nitrogen and oxygen atoms in total. The Bertz CT molecular complexity index is 256. The van der Waals surface area contributed by atoms with Crippen LogP contribution in [0, 0.1) is 0 Å². The Kier molecular flexibility index (Phi) is 3.92. The Morgan fingerprint density at radius 2 is 2.54 bits per heavy atom. The number of rotatable bonds is 5. The second kappa shape index (κ2) is 4.99. The Morgan fingerprint density at radius 1 is 1.77 bits per heavy atom. The number of carboxylic acids is 1. The van der Waals surface area contributed by atoms with E-state index in [1.807, 2.05) is 17.5 Å². The van der Waals surface area contributed by atoms with Crippen molar-refractivity contribution < 1.29 is 14.6 Å². The molecule has 1 heterocycles. The van der Waals surface area contributed by atoms with Crippen LogP contribution < -0.4 is 0 Å². The molecule has 1 rings (SSSR count). The van der Waals surface area contributed by atoms with Crippen molar-refractivity contribution in [2.45, 2.75) is 19.4 Å². The Balaban J connectivity index is 2.18. The van der Waals surface area contributed by atoms with Gasteiger partial charge in [-0.15, -0.1) is 11.3 Å². The normalized spacial score (nSPS) is 12.7. The van der Waals surface area contributed by atoms with E-state index in [-0.39, 0.29) is 0 Å². The SMILES string of the molecule is C[C@@H](OCCc1cccs1)C(=O)O. The van der Waals surface area contributed by atoms with Gasteiger partial charge in [0.05, 0.1) is 6.61 Å². The third kappa shape index (κ3) is 3.57. The van der Waals surface area contributed by atoms with E-state index in [1.165, 1.54) is 11.8 Å². The summed E-state index contributed by atoms with van der Waals surface area (Å²) in [6.07, 6.45) is 0.0786. The quantitative estimate of drug-likeness (QED) is 0.788. The maximum atomic E-state index is 10.4. The molecule has 0 spiro atoms. The van der Waals surface area contributed by atoms with E-state index >= 15 is 0 Å². The minimum Gasteiger partial charge on any atom is -0.479 e. The van der Waals surface area contributed by atoms with Gasteiger partial charge in [-0.2, -0.15) is 0 Å². The van der Waals surface area contributed by atoms with E-state index in [4.69, 9.17) is 9.84 Å². The van der Waals surface area contributed by atoms with Gasteiger partial charge in [0, 0.05) is 11.3 Å². The predicted octanol–water partition coefficient (Wildman–Crippen LogP) is 1.78. The fourth-order valence-electron chi connectivity index (χ4n) is 0.862. The topological polar surface area (TPSA) is 46.5 Å². The minimum atomic E-state index is -0.911. The summed E-state index contributed by atoms with van der Waals surface area (Å²) in [7, 11) is 0. The van der Waals surface area contributed by atoms with Crippen LogP contribution in [0.1, 0.15) is 11.8 Å². The first-order valence-corrected chi connectivity index (χ1v) is 4.95. The number of thiophene rings is 1. The lowest BCUT2D eigenvalue weighted by Gasteiger charge is -2.06. The number of hydrogen-bond donors (Lipinski definition) is 1. The average molecular weight is 200 g/mol. The zero-order valence-corrected chi connectivity index (χ0v) is 8.21. The fraction of sp³-hybridized carbons (Fsp3) is 0.444. The number of carbonyl (C=O) groups is 1. The average Bonchev–Trinajstić information content (AvgIpc) is 2.56. The van der Waals surface area contributed by atoms with Gasteiger partial charge < -0.3 is 9.84 Å². The highest BCUT2D eigenvalue weighted by atomic mass is 32.1. The van der Waals surface area contributed by atoms with E-state index in [1.54, 1.807) is 11.3 Å². The number of ether oxygens (including phenoxy) is 1. The lowest BCUT2D eigenvalue weighted by molar-refractivity contribution is -0.149. The molecule has 0 saturated heterocycles. The van der Waals surface area contributed by atoms with Crippen molar-refractivity contribution in [2.75, 3.05) is 6.61 Å². The number of aliphatic carboxylic acids is 1. The van der Waals surface area contributed by atoms with Crippen molar-refractivity contribution in [3.63, 3.8) is 0 Å². The molecule has 0 bridgehead atoms. The van der Waals surface area contributed by atoms with E-state index in [0.29, 0.717) is 6.61 Å². The van der Waals surface area contributed by atoms with Gasteiger partial charge in [-0.05, 0) is 18.4 Å². The molecule has 1 aromatic heterocycles. The van der Waals surface area contributed by atoms with Gasteiger partial charge in [0.15, 0.2) is 6.10 Å². The molecule has 1 N–H and O–H groups in total. The smallest absolute Gasteiger partial charge is 0.332 e.